The van der Waals surface area contributed by atoms with Crippen molar-refractivity contribution in [3.8, 4) is 56.0 Å². The number of fused-ring (bicyclic) bond motifs is 4. The fraction of sp³-hybridized carbons (Fsp3) is 0. The van der Waals surface area contributed by atoms with E-state index in [-0.39, 0.29) is 0 Å². The molecule has 200 valence electrons. The molecule has 9 rings (SSSR count). The van der Waals surface area contributed by atoms with Crippen LogP contribution in [-0.4, -0.2) is 0 Å². The van der Waals surface area contributed by atoms with Gasteiger partial charge in [0.25, 0.3) is 0 Å². The molecule has 0 unspecified atom stereocenters. The molecule has 8 aromatic carbocycles. The number of hydrogen-bond acceptors (Lipinski definition) is 1. The Morgan fingerprint density at radius 1 is 0.372 bits per heavy atom. The zero-order chi connectivity index (χ0) is 29.2. The summed E-state index contributed by atoms with van der Waals surface area (Å²) >= 11 is 0. The minimum Gasteiger partial charge on any atom is -0.456 e. The average Bonchev–Trinajstić information content (AvgIpc) is 3.08. The zero-order valence-corrected chi connectivity index (χ0v) is 23.3. The molecule has 0 atom stereocenters. The largest absolute Gasteiger partial charge is 0.456 e. The van der Waals surface area contributed by atoms with E-state index in [9.17, 15) is 1.37 Å². The molecule has 0 spiro atoms. The van der Waals surface area contributed by atoms with Crippen LogP contribution in [0.4, 0.5) is 0 Å². The highest BCUT2D eigenvalue weighted by Crippen LogP contribution is 2.51. The van der Waals surface area contributed by atoms with Crippen molar-refractivity contribution in [3.63, 3.8) is 0 Å². The van der Waals surface area contributed by atoms with E-state index < -0.39 is 0 Å². The standard InChI is InChI=1S/C42H26O/c1-2-12-27(13-3-1)28-14-10-15-29(26-28)40-32-17-4-6-19-34(32)41(35-20-7-5-18-33(35)40)37-24-25-39-42-31(21-11-22-36(37)42)30-16-8-9-23-38(30)43-39/h1-26H/i17D. The summed E-state index contributed by atoms with van der Waals surface area (Å²) in [5.74, 6) is 1.76. The fourth-order valence-electron chi connectivity index (χ4n) is 6.92. The van der Waals surface area contributed by atoms with Crippen molar-refractivity contribution < 1.29 is 6.11 Å². The van der Waals surface area contributed by atoms with Crippen LogP contribution < -0.4 is 4.74 Å². The lowest BCUT2D eigenvalue weighted by molar-refractivity contribution is 0.487. The molecule has 8 aromatic rings. The van der Waals surface area contributed by atoms with Gasteiger partial charge in [-0.15, -0.1) is 0 Å². The summed E-state index contributed by atoms with van der Waals surface area (Å²) in [6, 6.07) is 53.6. The molecule has 1 aliphatic rings. The molecule has 0 aromatic heterocycles. The van der Waals surface area contributed by atoms with E-state index in [1.54, 1.807) is 0 Å². The van der Waals surface area contributed by atoms with Crippen molar-refractivity contribution in [1.82, 2.24) is 0 Å². The van der Waals surface area contributed by atoms with Crippen molar-refractivity contribution in [2.45, 2.75) is 0 Å². The highest BCUT2D eigenvalue weighted by molar-refractivity contribution is 6.24. The molecular weight excluding hydrogens is 520 g/mol. The Labute approximate surface area is 251 Å². The zero-order valence-electron chi connectivity index (χ0n) is 24.3. The van der Waals surface area contributed by atoms with Crippen LogP contribution in [0, 0.1) is 0 Å². The lowest BCUT2D eigenvalue weighted by Crippen LogP contribution is -1.98. The average molecular weight is 548 g/mol. The number of benzene rings is 8. The lowest BCUT2D eigenvalue weighted by atomic mass is 9.83. The summed E-state index contributed by atoms with van der Waals surface area (Å²) in [7, 11) is 0. The van der Waals surface area contributed by atoms with Crippen molar-refractivity contribution in [2.75, 3.05) is 0 Å². The van der Waals surface area contributed by atoms with Crippen LogP contribution in [0.2, 0.25) is 0 Å². The molecule has 1 heteroatoms. The first-order valence-electron chi connectivity index (χ1n) is 15.2. The summed E-state index contributed by atoms with van der Waals surface area (Å²) in [4.78, 5) is 0. The summed E-state index contributed by atoms with van der Waals surface area (Å²) in [6.07, 6.45) is 0. The van der Waals surface area contributed by atoms with E-state index in [0.717, 1.165) is 71.8 Å². The Balaban J connectivity index is 1.38. The highest BCUT2D eigenvalue weighted by atomic mass is 16.5. The van der Waals surface area contributed by atoms with Gasteiger partial charge in [0.15, 0.2) is 0 Å². The normalized spacial score (nSPS) is 12.2. The van der Waals surface area contributed by atoms with Gasteiger partial charge in [-0.05, 0) is 90.1 Å². The molecular formula is C42H26O. The number of para-hydroxylation sites is 1. The third kappa shape index (κ3) is 3.65. The molecule has 43 heavy (non-hydrogen) atoms. The molecule has 0 aliphatic carbocycles. The predicted octanol–water partition coefficient (Wildman–Crippen LogP) is 11.9. The monoisotopic (exact) mass is 547 g/mol. The summed E-state index contributed by atoms with van der Waals surface area (Å²) < 4.78 is 15.7. The minimum absolute atomic E-state index is 0.523. The van der Waals surface area contributed by atoms with E-state index in [2.05, 4.69) is 121 Å². The molecule has 1 nitrogen and oxygen atoms in total. The first kappa shape index (κ1) is 23.0. The number of ether oxygens (including phenoxy) is 1. The highest BCUT2D eigenvalue weighted by Gasteiger charge is 2.23. The van der Waals surface area contributed by atoms with Gasteiger partial charge in [-0.3, -0.25) is 0 Å². The Morgan fingerprint density at radius 3 is 1.88 bits per heavy atom. The topological polar surface area (TPSA) is 9.23 Å². The SMILES string of the molecule is [2H]c1cccc2c(-c3ccc4c5c(cccc35)-c3ccccc3O4)c3ccccc3c(-c3cccc(-c4ccccc4)c3)c12. The summed E-state index contributed by atoms with van der Waals surface area (Å²) in [6.45, 7) is 0. The van der Waals surface area contributed by atoms with Crippen LogP contribution in [0.5, 0.6) is 11.5 Å². The second kappa shape index (κ2) is 9.44. The van der Waals surface area contributed by atoms with Gasteiger partial charge in [0, 0.05) is 10.9 Å². The van der Waals surface area contributed by atoms with Gasteiger partial charge in [0.2, 0.25) is 0 Å². The molecule has 0 saturated heterocycles. The van der Waals surface area contributed by atoms with Crippen LogP contribution in [0.3, 0.4) is 0 Å². The van der Waals surface area contributed by atoms with Crippen LogP contribution in [0.15, 0.2) is 158 Å². The lowest BCUT2D eigenvalue weighted by Gasteiger charge is -2.24. The minimum atomic E-state index is 0.523. The first-order valence-corrected chi connectivity index (χ1v) is 14.7. The van der Waals surface area contributed by atoms with E-state index in [1.165, 1.54) is 16.5 Å². The van der Waals surface area contributed by atoms with Crippen LogP contribution in [0.25, 0.3) is 76.8 Å². The van der Waals surface area contributed by atoms with Crippen molar-refractivity contribution >= 4 is 32.3 Å². The second-order valence-corrected chi connectivity index (χ2v) is 11.1. The van der Waals surface area contributed by atoms with Gasteiger partial charge >= 0.3 is 0 Å². The molecule has 1 aliphatic heterocycles. The van der Waals surface area contributed by atoms with Gasteiger partial charge < -0.3 is 4.74 Å². The summed E-state index contributed by atoms with van der Waals surface area (Å²) in [5.41, 5.74) is 9.14. The van der Waals surface area contributed by atoms with Gasteiger partial charge in [0.1, 0.15) is 11.5 Å². The van der Waals surface area contributed by atoms with Crippen molar-refractivity contribution in [3.05, 3.63) is 158 Å². The fourth-order valence-corrected chi connectivity index (χ4v) is 6.92. The van der Waals surface area contributed by atoms with E-state index in [0.29, 0.717) is 6.04 Å². The smallest absolute Gasteiger partial charge is 0.135 e. The predicted molar refractivity (Wildman–Crippen MR) is 181 cm³/mol. The van der Waals surface area contributed by atoms with Crippen molar-refractivity contribution in [1.29, 1.82) is 0 Å². The van der Waals surface area contributed by atoms with E-state index >= 15 is 0 Å². The van der Waals surface area contributed by atoms with Gasteiger partial charge in [-0.2, -0.15) is 0 Å². The quantitative estimate of drug-likeness (QED) is 0.200. The van der Waals surface area contributed by atoms with Crippen LogP contribution in [0.1, 0.15) is 1.37 Å². The number of hydrogen-bond donors (Lipinski definition) is 0. The Hall–Kier alpha value is -5.66. The third-order valence-electron chi connectivity index (χ3n) is 8.77. The number of rotatable bonds is 3. The molecule has 0 saturated carbocycles. The first-order chi connectivity index (χ1) is 21.8. The Bertz CT molecular complexity index is 2420. The summed E-state index contributed by atoms with van der Waals surface area (Å²) in [5, 5.41) is 6.63. The van der Waals surface area contributed by atoms with Gasteiger partial charge in [-0.1, -0.05) is 133 Å². The van der Waals surface area contributed by atoms with Crippen LogP contribution >= 0.6 is 0 Å². The third-order valence-corrected chi connectivity index (χ3v) is 8.77. The second-order valence-electron chi connectivity index (χ2n) is 11.1. The molecule has 0 bridgehead atoms. The molecule has 0 amide bonds. The molecule has 1 heterocycles. The Morgan fingerprint density at radius 2 is 1.00 bits per heavy atom. The maximum absolute atomic E-state index is 9.24. The van der Waals surface area contributed by atoms with Gasteiger partial charge in [0.05, 0.1) is 1.37 Å². The molecule has 0 N–H and O–H groups in total. The maximum Gasteiger partial charge on any atom is 0.135 e. The van der Waals surface area contributed by atoms with Gasteiger partial charge in [-0.25, -0.2) is 0 Å². The van der Waals surface area contributed by atoms with Crippen molar-refractivity contribution in [2.24, 2.45) is 0 Å². The maximum atomic E-state index is 9.24. The molecule has 0 fully saturated rings. The van der Waals surface area contributed by atoms with Crippen LogP contribution in [-0.2, 0) is 0 Å². The van der Waals surface area contributed by atoms with E-state index in [1.807, 2.05) is 30.3 Å². The molecule has 0 radical (unpaired) electrons. The van der Waals surface area contributed by atoms with E-state index in [4.69, 9.17) is 4.74 Å². The Kier molecular flexibility index (Phi) is 5.04.